The van der Waals surface area contributed by atoms with E-state index in [1.807, 2.05) is 23.1 Å². The molecule has 5 rings (SSSR count). The summed E-state index contributed by atoms with van der Waals surface area (Å²) >= 11 is 0. The van der Waals surface area contributed by atoms with Crippen LogP contribution in [0.1, 0.15) is 5.56 Å². The quantitative estimate of drug-likeness (QED) is 0.770. The fourth-order valence-electron chi connectivity index (χ4n) is 4.43. The van der Waals surface area contributed by atoms with Crippen LogP contribution >= 0.6 is 0 Å². The summed E-state index contributed by atoms with van der Waals surface area (Å²) in [6.45, 7) is 4.94. The summed E-state index contributed by atoms with van der Waals surface area (Å²) < 4.78 is 13.1. The molecule has 2 aromatic rings. The molecule has 7 nitrogen and oxygen atoms in total. The van der Waals surface area contributed by atoms with E-state index in [-0.39, 0.29) is 23.7 Å². The first-order valence-electron chi connectivity index (χ1n) is 10.3. The molecule has 0 saturated carbocycles. The predicted molar refractivity (Wildman–Crippen MR) is 111 cm³/mol. The summed E-state index contributed by atoms with van der Waals surface area (Å²) in [6.07, 6.45) is 1.70. The Morgan fingerprint density at radius 3 is 2.60 bits per heavy atom. The van der Waals surface area contributed by atoms with E-state index < -0.39 is 0 Å². The molecule has 0 N–H and O–H groups in total. The van der Waals surface area contributed by atoms with Crippen LogP contribution in [0.5, 0.6) is 0 Å². The Hall–Kier alpha value is -3.00. The van der Waals surface area contributed by atoms with E-state index in [9.17, 15) is 9.18 Å². The first-order chi connectivity index (χ1) is 14.7. The van der Waals surface area contributed by atoms with Gasteiger partial charge in [0.15, 0.2) is 5.71 Å². The molecule has 4 heterocycles. The van der Waals surface area contributed by atoms with E-state index in [4.69, 9.17) is 4.84 Å². The largest absolute Gasteiger partial charge is 0.390 e. The van der Waals surface area contributed by atoms with Gasteiger partial charge in [-0.2, -0.15) is 0 Å². The maximum atomic E-state index is 13.1. The molecule has 0 aliphatic carbocycles. The van der Waals surface area contributed by atoms with Crippen molar-refractivity contribution in [3.63, 3.8) is 0 Å². The van der Waals surface area contributed by atoms with Crippen molar-refractivity contribution < 1.29 is 14.0 Å². The molecular formula is C22H24FN5O2. The number of hydrogen-bond acceptors (Lipinski definition) is 6. The first-order valence-corrected chi connectivity index (χ1v) is 10.3. The SMILES string of the molecule is O=C(C1=NO[C@@H]2CN(Cc3ccc(F)cc3)C[C@H]12)N1CCN(c2ccccn2)CC1. The Morgan fingerprint density at radius 1 is 1.07 bits per heavy atom. The third-order valence-electron chi connectivity index (χ3n) is 6.06. The number of benzene rings is 1. The van der Waals surface area contributed by atoms with Gasteiger partial charge < -0.3 is 14.6 Å². The van der Waals surface area contributed by atoms with Crippen LogP contribution in [0.2, 0.25) is 0 Å². The van der Waals surface area contributed by atoms with Crippen molar-refractivity contribution in [1.29, 1.82) is 0 Å². The minimum Gasteiger partial charge on any atom is -0.390 e. The van der Waals surface area contributed by atoms with Gasteiger partial charge >= 0.3 is 0 Å². The van der Waals surface area contributed by atoms with E-state index in [0.717, 1.165) is 37.6 Å². The van der Waals surface area contributed by atoms with Gasteiger partial charge in [-0.25, -0.2) is 9.37 Å². The van der Waals surface area contributed by atoms with Crippen LogP contribution in [0.3, 0.4) is 0 Å². The Labute approximate surface area is 174 Å². The number of pyridine rings is 1. The second-order valence-corrected chi connectivity index (χ2v) is 8.01. The molecule has 1 aromatic carbocycles. The van der Waals surface area contributed by atoms with Crippen LogP contribution in [0.25, 0.3) is 0 Å². The zero-order valence-electron chi connectivity index (χ0n) is 16.7. The standard InChI is InChI=1S/C22H24FN5O2/c23-17-6-4-16(5-7-17)13-26-14-18-19(15-26)30-25-21(18)22(29)28-11-9-27(10-12-28)20-3-1-2-8-24-20/h1-8,18-19H,9-15H2/t18-,19+/m0/s1. The lowest BCUT2D eigenvalue weighted by Gasteiger charge is -2.35. The third kappa shape index (κ3) is 3.75. The highest BCUT2D eigenvalue weighted by Gasteiger charge is 2.46. The minimum atomic E-state index is -0.233. The molecule has 2 saturated heterocycles. The summed E-state index contributed by atoms with van der Waals surface area (Å²) in [5.41, 5.74) is 1.58. The van der Waals surface area contributed by atoms with Crippen LogP contribution < -0.4 is 4.90 Å². The van der Waals surface area contributed by atoms with Crippen LogP contribution in [0.15, 0.2) is 53.8 Å². The molecule has 3 aliphatic rings. The van der Waals surface area contributed by atoms with Crippen molar-refractivity contribution in [2.45, 2.75) is 12.6 Å². The molecule has 30 heavy (non-hydrogen) atoms. The molecule has 0 unspecified atom stereocenters. The Bertz CT molecular complexity index is 928. The van der Waals surface area contributed by atoms with Gasteiger partial charge in [0.2, 0.25) is 0 Å². The highest BCUT2D eigenvalue weighted by molar-refractivity contribution is 6.40. The van der Waals surface area contributed by atoms with Crippen molar-refractivity contribution in [1.82, 2.24) is 14.8 Å². The van der Waals surface area contributed by atoms with Crippen molar-refractivity contribution in [3.8, 4) is 0 Å². The van der Waals surface area contributed by atoms with Gasteiger partial charge in [0, 0.05) is 52.0 Å². The van der Waals surface area contributed by atoms with E-state index in [0.29, 0.717) is 25.3 Å². The highest BCUT2D eigenvalue weighted by Crippen LogP contribution is 2.29. The molecule has 2 atom stereocenters. The highest BCUT2D eigenvalue weighted by atomic mass is 19.1. The van der Waals surface area contributed by atoms with Gasteiger partial charge in [-0.15, -0.1) is 0 Å². The lowest BCUT2D eigenvalue weighted by atomic mass is 9.99. The van der Waals surface area contributed by atoms with E-state index in [1.54, 1.807) is 18.3 Å². The summed E-state index contributed by atoms with van der Waals surface area (Å²) in [4.78, 5) is 29.4. The smallest absolute Gasteiger partial charge is 0.272 e. The van der Waals surface area contributed by atoms with Crippen molar-refractivity contribution in [2.24, 2.45) is 11.1 Å². The lowest BCUT2D eigenvalue weighted by Crippen LogP contribution is -2.51. The third-order valence-corrected chi connectivity index (χ3v) is 6.06. The fourth-order valence-corrected chi connectivity index (χ4v) is 4.43. The number of likely N-dealkylation sites (tertiary alicyclic amines) is 1. The Morgan fingerprint density at radius 2 is 1.87 bits per heavy atom. The first kappa shape index (κ1) is 19.0. The van der Waals surface area contributed by atoms with Gasteiger partial charge in [0.05, 0.1) is 5.92 Å². The Kier molecular flexibility index (Phi) is 5.08. The van der Waals surface area contributed by atoms with Crippen molar-refractivity contribution in [2.75, 3.05) is 44.2 Å². The summed E-state index contributed by atoms with van der Waals surface area (Å²) in [6, 6.07) is 12.4. The van der Waals surface area contributed by atoms with Crippen LogP contribution in [-0.4, -0.2) is 71.8 Å². The van der Waals surface area contributed by atoms with Crippen molar-refractivity contribution in [3.05, 3.63) is 60.0 Å². The number of fused-ring (bicyclic) bond motifs is 1. The second kappa shape index (κ2) is 8.02. The van der Waals surface area contributed by atoms with Gasteiger partial charge in [0.1, 0.15) is 17.7 Å². The zero-order chi connectivity index (χ0) is 20.5. The number of carbonyl (C=O) groups is 1. The number of aromatic nitrogens is 1. The second-order valence-electron chi connectivity index (χ2n) is 8.01. The molecule has 0 bridgehead atoms. The predicted octanol–water partition coefficient (Wildman–Crippen LogP) is 1.76. The number of anilines is 1. The van der Waals surface area contributed by atoms with E-state index >= 15 is 0 Å². The molecule has 2 fully saturated rings. The van der Waals surface area contributed by atoms with Crippen LogP contribution in [0, 0.1) is 11.7 Å². The fraction of sp³-hybridized carbons (Fsp3) is 0.409. The monoisotopic (exact) mass is 409 g/mol. The molecule has 0 radical (unpaired) electrons. The minimum absolute atomic E-state index is 0.00762. The number of rotatable bonds is 4. The van der Waals surface area contributed by atoms with Crippen LogP contribution in [0.4, 0.5) is 10.2 Å². The average Bonchev–Trinajstić information content (AvgIpc) is 3.36. The molecule has 156 valence electrons. The molecule has 3 aliphatic heterocycles. The number of amides is 1. The van der Waals surface area contributed by atoms with E-state index in [1.165, 1.54) is 12.1 Å². The molecule has 1 aromatic heterocycles. The number of oxime groups is 1. The van der Waals surface area contributed by atoms with Gasteiger partial charge in [-0.1, -0.05) is 23.4 Å². The van der Waals surface area contributed by atoms with Crippen LogP contribution in [-0.2, 0) is 16.2 Å². The molecule has 8 heteroatoms. The molecule has 1 amide bonds. The molecular weight excluding hydrogens is 385 g/mol. The van der Waals surface area contributed by atoms with E-state index in [2.05, 4.69) is 19.9 Å². The maximum Gasteiger partial charge on any atom is 0.272 e. The topological polar surface area (TPSA) is 61.3 Å². The number of nitrogens with zero attached hydrogens (tertiary/aromatic N) is 5. The van der Waals surface area contributed by atoms with Gasteiger partial charge in [-0.05, 0) is 29.8 Å². The number of piperazine rings is 1. The number of hydrogen-bond donors (Lipinski definition) is 0. The van der Waals surface area contributed by atoms with Crippen molar-refractivity contribution >= 4 is 17.4 Å². The normalized spacial score (nSPS) is 23.8. The summed E-state index contributed by atoms with van der Waals surface area (Å²) in [5, 5.41) is 4.15. The number of carbonyl (C=O) groups excluding carboxylic acids is 1. The summed E-state index contributed by atoms with van der Waals surface area (Å²) in [7, 11) is 0. The number of halogens is 1. The summed E-state index contributed by atoms with van der Waals surface area (Å²) in [5.74, 6) is 0.681. The van der Waals surface area contributed by atoms with Gasteiger partial charge in [0.25, 0.3) is 5.91 Å². The zero-order valence-corrected chi connectivity index (χ0v) is 16.7. The van der Waals surface area contributed by atoms with Gasteiger partial charge in [-0.3, -0.25) is 9.69 Å². The average molecular weight is 409 g/mol. The molecule has 0 spiro atoms. The lowest BCUT2D eigenvalue weighted by molar-refractivity contribution is -0.124. The Balaban J connectivity index is 1.18. The maximum absolute atomic E-state index is 13.1.